The molecular formula is C11H10NO2S2. The van der Waals surface area contributed by atoms with Crippen LogP contribution in [0.1, 0.15) is 10.6 Å². The maximum Gasteiger partial charge on any atom is 0.178 e. The summed E-state index contributed by atoms with van der Waals surface area (Å²) in [5.74, 6) is 0. The number of hydrogen-bond acceptors (Lipinski definition) is 4. The number of benzene rings is 1. The Balaban J connectivity index is 2.54. The zero-order chi connectivity index (χ0) is 11.6. The molecule has 0 unspecified atom stereocenters. The minimum atomic E-state index is -3.28. The Hall–Kier alpha value is -1.20. The van der Waals surface area contributed by atoms with E-state index in [4.69, 9.17) is 0 Å². The van der Waals surface area contributed by atoms with Crippen molar-refractivity contribution < 1.29 is 8.42 Å². The number of nitrogens with zero attached hydrogens (tertiary/aromatic N) is 1. The van der Waals surface area contributed by atoms with E-state index in [0.717, 1.165) is 0 Å². The fraction of sp³-hybridized carbons (Fsp3) is 0.0909. The predicted octanol–water partition coefficient (Wildman–Crippen LogP) is 2.12. The van der Waals surface area contributed by atoms with Gasteiger partial charge in [-0.2, -0.15) is 0 Å². The molecule has 0 amide bonds. The zero-order valence-electron chi connectivity index (χ0n) is 8.62. The monoisotopic (exact) mass is 252 g/mol. The quantitative estimate of drug-likeness (QED) is 0.840. The Morgan fingerprint density at radius 3 is 2.44 bits per heavy atom. The summed E-state index contributed by atoms with van der Waals surface area (Å²) in [5, 5.41) is 2.60. The average molecular weight is 252 g/mol. The molecule has 0 bridgehead atoms. The van der Waals surface area contributed by atoms with Crippen molar-refractivity contribution in [3.05, 3.63) is 57.7 Å². The minimum Gasteiger partial charge on any atom is -0.248 e. The zero-order valence-corrected chi connectivity index (χ0v) is 10.3. The second-order valence-electron chi connectivity index (χ2n) is 3.30. The molecule has 2 rings (SSSR count). The first kappa shape index (κ1) is 11.3. The van der Waals surface area contributed by atoms with Gasteiger partial charge in [-0.05, 0) is 5.56 Å². The fourth-order valence-corrected chi connectivity index (χ4v) is 3.55. The average Bonchev–Trinajstić information content (AvgIpc) is 2.71. The maximum absolute atomic E-state index is 11.8. The van der Waals surface area contributed by atoms with Crippen LogP contribution in [-0.2, 0) is 9.84 Å². The highest BCUT2D eigenvalue weighted by Gasteiger charge is 2.28. The molecule has 5 heteroatoms. The summed E-state index contributed by atoms with van der Waals surface area (Å²) in [6.07, 6.45) is 2.81. The van der Waals surface area contributed by atoms with Gasteiger partial charge in [0.15, 0.2) is 15.1 Å². The van der Waals surface area contributed by atoms with Gasteiger partial charge in [0.2, 0.25) is 0 Å². The minimum absolute atomic E-state index is 0.295. The lowest BCUT2D eigenvalue weighted by molar-refractivity contribution is 0.604. The number of rotatable bonds is 3. The summed E-state index contributed by atoms with van der Waals surface area (Å²) in [5.41, 5.74) is 0.681. The third-order valence-electron chi connectivity index (χ3n) is 2.03. The van der Waals surface area contributed by atoms with E-state index in [2.05, 4.69) is 4.98 Å². The van der Waals surface area contributed by atoms with Crippen molar-refractivity contribution in [2.75, 3.05) is 6.26 Å². The highest BCUT2D eigenvalue weighted by molar-refractivity contribution is 7.94. The van der Waals surface area contributed by atoms with Crippen LogP contribution in [0.15, 0.2) is 41.9 Å². The van der Waals surface area contributed by atoms with Crippen LogP contribution in [0, 0.1) is 5.25 Å². The topological polar surface area (TPSA) is 47.0 Å². The summed E-state index contributed by atoms with van der Waals surface area (Å²) in [6.45, 7) is 0. The van der Waals surface area contributed by atoms with Gasteiger partial charge in [-0.3, -0.25) is 0 Å². The van der Waals surface area contributed by atoms with Crippen molar-refractivity contribution in [1.82, 2.24) is 4.98 Å². The van der Waals surface area contributed by atoms with Crippen molar-refractivity contribution >= 4 is 21.2 Å². The molecule has 0 aliphatic heterocycles. The van der Waals surface area contributed by atoms with Crippen LogP contribution >= 0.6 is 11.3 Å². The predicted molar refractivity (Wildman–Crippen MR) is 64.8 cm³/mol. The number of hydrogen-bond donors (Lipinski definition) is 0. The number of thiazole rings is 1. The molecule has 0 atom stereocenters. The van der Waals surface area contributed by atoms with Gasteiger partial charge in [-0.15, -0.1) is 11.3 Å². The molecule has 0 aliphatic carbocycles. The lowest BCUT2D eigenvalue weighted by Gasteiger charge is -2.11. The molecule has 0 N–H and O–H groups in total. The second-order valence-corrected chi connectivity index (χ2v) is 6.15. The molecule has 16 heavy (non-hydrogen) atoms. The summed E-state index contributed by atoms with van der Waals surface area (Å²) < 4.78 is 23.5. The molecule has 2 aromatic rings. The van der Waals surface area contributed by atoms with Crippen LogP contribution in [0.3, 0.4) is 0 Å². The van der Waals surface area contributed by atoms with Crippen LogP contribution in [0.4, 0.5) is 0 Å². The Morgan fingerprint density at radius 1 is 1.25 bits per heavy atom. The fourth-order valence-electron chi connectivity index (χ4n) is 1.42. The highest BCUT2D eigenvalue weighted by Crippen LogP contribution is 2.29. The molecular weight excluding hydrogens is 242 g/mol. The van der Waals surface area contributed by atoms with Gasteiger partial charge in [0.25, 0.3) is 0 Å². The molecule has 0 spiro atoms. The van der Waals surface area contributed by atoms with Crippen molar-refractivity contribution in [3.63, 3.8) is 0 Å². The first-order valence-electron chi connectivity index (χ1n) is 4.61. The lowest BCUT2D eigenvalue weighted by Crippen LogP contribution is -2.13. The second kappa shape index (κ2) is 4.35. The van der Waals surface area contributed by atoms with E-state index in [-0.39, 0.29) is 0 Å². The molecule has 1 radical (unpaired) electrons. The van der Waals surface area contributed by atoms with Crippen molar-refractivity contribution in [3.8, 4) is 0 Å². The van der Waals surface area contributed by atoms with Crippen LogP contribution in [0.25, 0.3) is 0 Å². The molecule has 3 nitrogen and oxygen atoms in total. The van der Waals surface area contributed by atoms with E-state index in [1.165, 1.54) is 17.6 Å². The van der Waals surface area contributed by atoms with Gasteiger partial charge in [-0.1, -0.05) is 30.3 Å². The first-order chi connectivity index (χ1) is 7.59. The Morgan fingerprint density at radius 2 is 1.94 bits per heavy atom. The Kier molecular flexibility index (Phi) is 3.07. The van der Waals surface area contributed by atoms with Gasteiger partial charge in [0.1, 0.15) is 5.01 Å². The Labute approximate surface area is 98.7 Å². The molecule has 0 aliphatic rings. The summed E-state index contributed by atoms with van der Waals surface area (Å²) in [7, 11) is -3.28. The van der Waals surface area contributed by atoms with Crippen molar-refractivity contribution in [2.24, 2.45) is 0 Å². The molecule has 1 heterocycles. The normalized spacial score (nSPS) is 11.9. The van der Waals surface area contributed by atoms with Crippen molar-refractivity contribution in [1.29, 1.82) is 0 Å². The summed E-state index contributed by atoms with van der Waals surface area (Å²) in [4.78, 5) is 4.06. The van der Waals surface area contributed by atoms with Gasteiger partial charge in [0.05, 0.1) is 0 Å². The largest absolute Gasteiger partial charge is 0.248 e. The van der Waals surface area contributed by atoms with Crippen LogP contribution < -0.4 is 0 Å². The van der Waals surface area contributed by atoms with E-state index >= 15 is 0 Å². The van der Waals surface area contributed by atoms with Crippen LogP contribution in [0.5, 0.6) is 0 Å². The Bertz CT molecular complexity index is 547. The molecule has 1 aromatic heterocycles. The third-order valence-corrected chi connectivity index (χ3v) is 4.12. The van der Waals surface area contributed by atoms with E-state index in [1.54, 1.807) is 23.7 Å². The standard InChI is InChI=1S/C11H10NO2S2/c1-16(13,14)10(11-12-7-8-15-11)9-5-3-2-4-6-9/h2-8H,1H3. The highest BCUT2D eigenvalue weighted by atomic mass is 32.2. The molecule has 0 saturated heterocycles. The van der Waals surface area contributed by atoms with E-state index in [0.29, 0.717) is 15.8 Å². The molecule has 1 aromatic carbocycles. The van der Waals surface area contributed by atoms with E-state index in [9.17, 15) is 8.42 Å². The maximum atomic E-state index is 11.8. The van der Waals surface area contributed by atoms with Gasteiger partial charge >= 0.3 is 0 Å². The van der Waals surface area contributed by atoms with Gasteiger partial charge in [-0.25, -0.2) is 13.4 Å². The first-order valence-corrected chi connectivity index (χ1v) is 7.38. The summed E-state index contributed by atoms with van der Waals surface area (Å²) >= 11 is 1.33. The van der Waals surface area contributed by atoms with Crippen molar-refractivity contribution in [2.45, 2.75) is 0 Å². The van der Waals surface area contributed by atoms with Gasteiger partial charge < -0.3 is 0 Å². The van der Waals surface area contributed by atoms with E-state index in [1.807, 2.05) is 18.2 Å². The van der Waals surface area contributed by atoms with Gasteiger partial charge in [0, 0.05) is 17.8 Å². The van der Waals surface area contributed by atoms with Crippen LogP contribution in [-0.4, -0.2) is 19.7 Å². The summed E-state index contributed by atoms with van der Waals surface area (Å²) in [6, 6.07) is 9.03. The van der Waals surface area contributed by atoms with E-state index < -0.39 is 9.84 Å². The number of sulfone groups is 1. The smallest absolute Gasteiger partial charge is 0.178 e. The van der Waals surface area contributed by atoms with Crippen LogP contribution in [0.2, 0.25) is 0 Å². The number of aromatic nitrogens is 1. The lowest BCUT2D eigenvalue weighted by atomic mass is 10.1. The molecule has 0 fully saturated rings. The third kappa shape index (κ3) is 2.31. The SMILES string of the molecule is CS(=O)(=O)[C](c1ccccc1)c1nccs1. The molecule has 0 saturated carbocycles. The molecule has 83 valence electrons.